The molecule has 3 nitrogen and oxygen atoms in total. The first kappa shape index (κ1) is 23.6. The van der Waals surface area contributed by atoms with E-state index in [1.165, 1.54) is 11.1 Å². The summed E-state index contributed by atoms with van der Waals surface area (Å²) < 4.78 is 0. The fraction of sp³-hybridized carbons (Fsp3) is 0.833. The second-order valence-electron chi connectivity index (χ2n) is 14.1. The summed E-state index contributed by atoms with van der Waals surface area (Å²) in [4.78, 5) is 12.8. The lowest BCUT2D eigenvalue weighted by Crippen LogP contribution is -2.63. The van der Waals surface area contributed by atoms with Crippen LogP contribution < -0.4 is 0 Å². The number of aliphatic hydroxyl groups excluding tert-OH is 1. The van der Waals surface area contributed by atoms with Crippen LogP contribution in [0.2, 0.25) is 0 Å². The van der Waals surface area contributed by atoms with Gasteiger partial charge in [0.2, 0.25) is 0 Å². The number of allylic oxidation sites excluding steroid dienone is 3. The van der Waals surface area contributed by atoms with Crippen molar-refractivity contribution >= 4 is 5.97 Å². The normalized spacial score (nSPS) is 52.9. The van der Waals surface area contributed by atoms with Crippen molar-refractivity contribution in [1.82, 2.24) is 0 Å². The molecule has 0 radical (unpaired) electrons. The quantitative estimate of drug-likeness (QED) is 0.448. The summed E-state index contributed by atoms with van der Waals surface area (Å²) in [7, 11) is 0. The first-order chi connectivity index (χ1) is 15.3. The maximum Gasteiger partial charge on any atom is 0.313 e. The fourth-order valence-electron chi connectivity index (χ4n) is 10.2. The lowest BCUT2D eigenvalue weighted by molar-refractivity contribution is -0.183. The van der Waals surface area contributed by atoms with Crippen LogP contribution in [-0.4, -0.2) is 22.3 Å². The molecule has 3 heteroatoms. The van der Waals surface area contributed by atoms with Crippen molar-refractivity contribution in [2.75, 3.05) is 0 Å². The molecular formula is C30H46O3. The highest BCUT2D eigenvalue weighted by Crippen LogP contribution is 2.74. The molecular weight excluding hydrogens is 408 g/mol. The number of fused-ring (bicyclic) bond motifs is 6. The highest BCUT2D eigenvalue weighted by molar-refractivity contribution is 5.80. The second kappa shape index (κ2) is 6.99. The van der Waals surface area contributed by atoms with Gasteiger partial charge >= 0.3 is 5.97 Å². The third kappa shape index (κ3) is 2.69. The number of hydrogen-bond donors (Lipinski definition) is 2. The van der Waals surface area contributed by atoms with Crippen LogP contribution in [0.1, 0.15) is 99.8 Å². The minimum atomic E-state index is -0.660. The van der Waals surface area contributed by atoms with Crippen molar-refractivity contribution in [2.45, 2.75) is 106 Å². The van der Waals surface area contributed by atoms with E-state index in [4.69, 9.17) is 0 Å². The number of aliphatic hydroxyl groups is 1. The third-order valence-electron chi connectivity index (χ3n) is 12.8. The van der Waals surface area contributed by atoms with Gasteiger partial charge in [-0.25, -0.2) is 0 Å². The molecule has 9 atom stereocenters. The van der Waals surface area contributed by atoms with Crippen LogP contribution in [0, 0.1) is 50.7 Å². The second-order valence-corrected chi connectivity index (χ2v) is 14.1. The topological polar surface area (TPSA) is 57.5 Å². The summed E-state index contributed by atoms with van der Waals surface area (Å²) in [6.45, 7) is 16.7. The molecule has 0 aromatic rings. The number of carboxylic acid groups (broad SMARTS) is 1. The molecule has 5 aliphatic rings. The van der Waals surface area contributed by atoms with Crippen LogP contribution in [0.3, 0.4) is 0 Å². The Hall–Kier alpha value is -1.09. The zero-order valence-corrected chi connectivity index (χ0v) is 22.0. The Morgan fingerprint density at radius 2 is 1.64 bits per heavy atom. The van der Waals surface area contributed by atoms with Gasteiger partial charge < -0.3 is 10.2 Å². The summed E-state index contributed by atoms with van der Waals surface area (Å²) in [6.07, 6.45) is 12.6. The van der Waals surface area contributed by atoms with Gasteiger partial charge in [-0.15, -0.1) is 0 Å². The fourth-order valence-corrected chi connectivity index (χ4v) is 10.2. The van der Waals surface area contributed by atoms with E-state index >= 15 is 0 Å². The summed E-state index contributed by atoms with van der Waals surface area (Å²) in [6, 6.07) is 0. The van der Waals surface area contributed by atoms with E-state index < -0.39 is 11.4 Å². The zero-order valence-electron chi connectivity index (χ0n) is 22.0. The SMILES string of the molecule is C[C@@H]1CC[C@]2(C(=O)O)CC[C@]3(C)C(=C2[C@H]1C)C=C[C@@H]1[C@@]2(C)CCC(O)C(C)(C)[C@@H]2CC[C@]13C. The molecule has 0 aromatic heterocycles. The first-order valence-electron chi connectivity index (χ1n) is 13.6. The van der Waals surface area contributed by atoms with Gasteiger partial charge in [-0.2, -0.15) is 0 Å². The van der Waals surface area contributed by atoms with Gasteiger partial charge in [0.05, 0.1) is 11.5 Å². The van der Waals surface area contributed by atoms with Gasteiger partial charge in [0, 0.05) is 0 Å². The van der Waals surface area contributed by atoms with Crippen LogP contribution in [0.25, 0.3) is 0 Å². The van der Waals surface area contributed by atoms with Crippen molar-refractivity contribution in [2.24, 2.45) is 50.7 Å². The summed E-state index contributed by atoms with van der Waals surface area (Å²) in [5.74, 6) is 1.26. The Morgan fingerprint density at radius 1 is 0.939 bits per heavy atom. The number of carbonyl (C=O) groups is 1. The van der Waals surface area contributed by atoms with Gasteiger partial charge in [-0.1, -0.05) is 60.6 Å². The smallest absolute Gasteiger partial charge is 0.313 e. The molecule has 1 unspecified atom stereocenters. The summed E-state index contributed by atoms with van der Waals surface area (Å²) >= 11 is 0. The van der Waals surface area contributed by atoms with Crippen LogP contribution in [0.4, 0.5) is 0 Å². The molecule has 184 valence electrons. The first-order valence-corrected chi connectivity index (χ1v) is 13.6. The van der Waals surface area contributed by atoms with E-state index in [1.807, 2.05) is 0 Å². The minimum absolute atomic E-state index is 0.0141. The van der Waals surface area contributed by atoms with Gasteiger partial charge in [0.1, 0.15) is 0 Å². The van der Waals surface area contributed by atoms with E-state index in [0.717, 1.165) is 51.4 Å². The molecule has 3 saturated carbocycles. The number of rotatable bonds is 1. The molecule has 5 aliphatic carbocycles. The third-order valence-corrected chi connectivity index (χ3v) is 12.8. The molecule has 0 aliphatic heterocycles. The van der Waals surface area contributed by atoms with Crippen LogP contribution in [0.5, 0.6) is 0 Å². The van der Waals surface area contributed by atoms with Gasteiger partial charge in [0.15, 0.2) is 0 Å². The van der Waals surface area contributed by atoms with Crippen molar-refractivity contribution in [3.63, 3.8) is 0 Å². The molecule has 0 aromatic carbocycles. The Bertz CT molecular complexity index is 929. The Balaban J connectivity index is 1.69. The summed E-state index contributed by atoms with van der Waals surface area (Å²) in [5, 5.41) is 21.4. The van der Waals surface area contributed by atoms with Crippen molar-refractivity contribution < 1.29 is 15.0 Å². The number of aliphatic carboxylic acids is 1. The standard InChI is InChI=1S/C30H46O3/c1-18-10-15-30(25(32)33)17-16-28(6)20(24(30)19(18)2)8-9-22-27(5)13-12-23(31)26(3,4)21(27)11-14-29(22,28)7/h8-9,18-19,21-23,31H,10-17H2,1-7H3,(H,32,33)/t18-,19+,21+,22-,23?,27+,28-,29-,30+/m1/s1. The van der Waals surface area contributed by atoms with Gasteiger partial charge in [-0.05, 0) is 108 Å². The van der Waals surface area contributed by atoms with Gasteiger partial charge in [-0.3, -0.25) is 4.79 Å². The van der Waals surface area contributed by atoms with Crippen LogP contribution >= 0.6 is 0 Å². The summed E-state index contributed by atoms with van der Waals surface area (Å²) in [5.41, 5.74) is 2.25. The van der Waals surface area contributed by atoms with Crippen LogP contribution in [0.15, 0.2) is 23.3 Å². The predicted molar refractivity (Wildman–Crippen MR) is 133 cm³/mol. The maximum atomic E-state index is 12.8. The van der Waals surface area contributed by atoms with Crippen molar-refractivity contribution in [3.8, 4) is 0 Å². The molecule has 33 heavy (non-hydrogen) atoms. The highest BCUT2D eigenvalue weighted by Gasteiger charge is 2.67. The molecule has 2 N–H and O–H groups in total. The molecule has 3 fully saturated rings. The average molecular weight is 455 g/mol. The molecule has 0 amide bonds. The molecule has 5 rings (SSSR count). The van der Waals surface area contributed by atoms with Crippen LogP contribution in [-0.2, 0) is 4.79 Å². The van der Waals surface area contributed by atoms with E-state index in [2.05, 4.69) is 60.6 Å². The monoisotopic (exact) mass is 454 g/mol. The number of hydrogen-bond acceptors (Lipinski definition) is 2. The largest absolute Gasteiger partial charge is 0.481 e. The Kier molecular flexibility index (Phi) is 5.01. The zero-order chi connectivity index (χ0) is 24.2. The molecule has 0 bridgehead atoms. The maximum absolute atomic E-state index is 12.8. The molecule has 0 saturated heterocycles. The van der Waals surface area contributed by atoms with E-state index in [1.54, 1.807) is 0 Å². The average Bonchev–Trinajstić information content (AvgIpc) is 2.74. The van der Waals surface area contributed by atoms with Gasteiger partial charge in [0.25, 0.3) is 0 Å². The molecule has 0 heterocycles. The minimum Gasteiger partial charge on any atom is -0.481 e. The van der Waals surface area contributed by atoms with Crippen molar-refractivity contribution in [1.29, 1.82) is 0 Å². The number of carboxylic acids is 1. The lowest BCUT2D eigenvalue weighted by Gasteiger charge is -2.69. The Labute approximate surface area is 201 Å². The lowest BCUT2D eigenvalue weighted by atomic mass is 9.35. The van der Waals surface area contributed by atoms with E-state index in [9.17, 15) is 15.0 Å². The highest BCUT2D eigenvalue weighted by atomic mass is 16.4. The predicted octanol–water partition coefficient (Wildman–Crippen LogP) is 7.01. The Morgan fingerprint density at radius 3 is 2.30 bits per heavy atom. The molecule has 0 spiro atoms. The van der Waals surface area contributed by atoms with E-state index in [0.29, 0.717) is 23.7 Å². The van der Waals surface area contributed by atoms with E-state index in [-0.39, 0.29) is 27.8 Å². The van der Waals surface area contributed by atoms with Crippen molar-refractivity contribution in [3.05, 3.63) is 23.3 Å².